The van der Waals surface area contributed by atoms with Crippen LogP contribution in [0.3, 0.4) is 0 Å². The van der Waals surface area contributed by atoms with Crippen LogP contribution in [0, 0.1) is 5.92 Å². The zero-order chi connectivity index (χ0) is 21.2. The number of benzene rings is 1. The van der Waals surface area contributed by atoms with E-state index in [1.54, 1.807) is 14.2 Å². The van der Waals surface area contributed by atoms with Gasteiger partial charge in [-0.25, -0.2) is 9.97 Å². The number of hydrogen-bond donors (Lipinski definition) is 1. The van der Waals surface area contributed by atoms with E-state index >= 15 is 0 Å². The second kappa shape index (κ2) is 11.6. The average Bonchev–Trinajstić information content (AvgIpc) is 2.79. The van der Waals surface area contributed by atoms with Gasteiger partial charge in [0.1, 0.15) is 5.75 Å². The van der Waals surface area contributed by atoms with Gasteiger partial charge in [-0.05, 0) is 62.5 Å². The number of carbonyl (C=O) groups is 1. The fourth-order valence-corrected chi connectivity index (χ4v) is 3.73. The Hall–Kier alpha value is -2.51. The molecular weight excluding hydrogens is 380 g/mol. The third-order valence-electron chi connectivity index (χ3n) is 5.57. The summed E-state index contributed by atoms with van der Waals surface area (Å²) < 4.78 is 10.1. The fraction of sp³-hybridized carbons (Fsp3) is 0.522. The number of carbonyl (C=O) groups excluding carboxylic acids is 1. The summed E-state index contributed by atoms with van der Waals surface area (Å²) >= 11 is 0. The molecule has 0 radical (unpaired) electrons. The van der Waals surface area contributed by atoms with Crippen molar-refractivity contribution in [2.75, 3.05) is 40.5 Å². The second-order valence-electron chi connectivity index (χ2n) is 7.74. The Morgan fingerprint density at radius 3 is 2.47 bits per heavy atom. The molecule has 7 nitrogen and oxygen atoms in total. The standard InChI is InChI=1S/C23H32N4O3/c1-29-14-11-24-22(28)8-3-18-9-12-27(13-10-18)17-19-15-25-23(26-16-19)20-4-6-21(30-2)7-5-20/h4-7,15-16,18H,3,8-14,17H2,1-2H3,(H,24,28). The van der Waals surface area contributed by atoms with Gasteiger partial charge >= 0.3 is 0 Å². The van der Waals surface area contributed by atoms with E-state index in [0.29, 0.717) is 25.5 Å². The summed E-state index contributed by atoms with van der Waals surface area (Å²) in [4.78, 5) is 23.3. The molecular formula is C23H32N4O3. The van der Waals surface area contributed by atoms with Crippen LogP contribution in [0.1, 0.15) is 31.2 Å². The number of methoxy groups -OCH3 is 2. The van der Waals surface area contributed by atoms with Crippen molar-refractivity contribution in [1.29, 1.82) is 0 Å². The normalized spacial score (nSPS) is 15.1. The lowest BCUT2D eigenvalue weighted by molar-refractivity contribution is -0.121. The molecule has 1 aromatic carbocycles. The molecule has 2 aromatic rings. The minimum absolute atomic E-state index is 0.128. The van der Waals surface area contributed by atoms with Crippen molar-refractivity contribution in [3.8, 4) is 17.1 Å². The van der Waals surface area contributed by atoms with Crippen molar-refractivity contribution in [2.24, 2.45) is 5.92 Å². The Kier molecular flexibility index (Phi) is 8.59. The smallest absolute Gasteiger partial charge is 0.220 e. The van der Waals surface area contributed by atoms with E-state index in [2.05, 4.69) is 20.2 Å². The molecule has 3 rings (SSSR count). The largest absolute Gasteiger partial charge is 0.497 e. The van der Waals surface area contributed by atoms with Gasteiger partial charge in [-0.1, -0.05) is 0 Å². The van der Waals surface area contributed by atoms with Gasteiger partial charge in [0.15, 0.2) is 5.82 Å². The molecule has 1 fully saturated rings. The SMILES string of the molecule is COCCNC(=O)CCC1CCN(Cc2cnc(-c3ccc(OC)cc3)nc2)CC1. The van der Waals surface area contributed by atoms with Crippen LogP contribution in [-0.2, 0) is 16.1 Å². The van der Waals surface area contributed by atoms with Gasteiger partial charge in [0.2, 0.25) is 5.91 Å². The first-order valence-corrected chi connectivity index (χ1v) is 10.6. The average molecular weight is 413 g/mol. The lowest BCUT2D eigenvalue weighted by Gasteiger charge is -2.31. The third kappa shape index (κ3) is 6.78. The number of likely N-dealkylation sites (tertiary alicyclic amines) is 1. The molecule has 7 heteroatoms. The molecule has 0 atom stereocenters. The molecule has 0 unspecified atom stereocenters. The zero-order valence-electron chi connectivity index (χ0n) is 18.0. The molecule has 1 saturated heterocycles. The summed E-state index contributed by atoms with van der Waals surface area (Å²) in [6, 6.07) is 7.77. The van der Waals surface area contributed by atoms with E-state index < -0.39 is 0 Å². The Morgan fingerprint density at radius 1 is 1.13 bits per heavy atom. The van der Waals surface area contributed by atoms with Crippen molar-refractivity contribution >= 4 is 5.91 Å². The highest BCUT2D eigenvalue weighted by Crippen LogP contribution is 2.23. The van der Waals surface area contributed by atoms with Gasteiger partial charge in [-0.3, -0.25) is 9.69 Å². The summed E-state index contributed by atoms with van der Waals surface area (Å²) in [5.41, 5.74) is 2.11. The molecule has 0 aliphatic carbocycles. The van der Waals surface area contributed by atoms with Gasteiger partial charge in [0, 0.05) is 50.1 Å². The van der Waals surface area contributed by atoms with E-state index in [4.69, 9.17) is 9.47 Å². The molecule has 1 aliphatic heterocycles. The molecule has 1 amide bonds. The number of nitrogens with zero attached hydrogens (tertiary/aromatic N) is 3. The van der Waals surface area contributed by atoms with Crippen molar-refractivity contribution in [1.82, 2.24) is 20.2 Å². The number of hydrogen-bond acceptors (Lipinski definition) is 6. The van der Waals surface area contributed by atoms with E-state index in [1.807, 2.05) is 36.7 Å². The van der Waals surface area contributed by atoms with Crippen LogP contribution in [0.5, 0.6) is 5.75 Å². The first-order valence-electron chi connectivity index (χ1n) is 10.6. The first-order chi connectivity index (χ1) is 14.7. The molecule has 2 heterocycles. The van der Waals surface area contributed by atoms with Crippen LogP contribution >= 0.6 is 0 Å². The summed E-state index contributed by atoms with van der Waals surface area (Å²) in [6.07, 6.45) is 7.68. The number of ether oxygens (including phenoxy) is 2. The predicted molar refractivity (Wildman–Crippen MR) is 116 cm³/mol. The molecule has 1 aromatic heterocycles. The van der Waals surface area contributed by atoms with E-state index in [0.717, 1.165) is 61.6 Å². The van der Waals surface area contributed by atoms with Crippen LogP contribution in [0.2, 0.25) is 0 Å². The molecule has 0 saturated carbocycles. The Labute approximate surface area is 178 Å². The third-order valence-corrected chi connectivity index (χ3v) is 5.57. The van der Waals surface area contributed by atoms with Gasteiger partial charge in [-0.2, -0.15) is 0 Å². The zero-order valence-corrected chi connectivity index (χ0v) is 18.0. The lowest BCUT2D eigenvalue weighted by atomic mass is 9.92. The van der Waals surface area contributed by atoms with Crippen LogP contribution in [0.4, 0.5) is 0 Å². The minimum atomic E-state index is 0.128. The summed E-state index contributed by atoms with van der Waals surface area (Å²) in [7, 11) is 3.30. The van der Waals surface area contributed by atoms with Crippen molar-refractivity contribution in [2.45, 2.75) is 32.2 Å². The first kappa shape index (κ1) is 22.2. The Morgan fingerprint density at radius 2 is 1.83 bits per heavy atom. The van der Waals surface area contributed by atoms with E-state index in [9.17, 15) is 4.79 Å². The predicted octanol–water partition coefficient (Wildman–Crippen LogP) is 2.91. The van der Waals surface area contributed by atoms with Crippen LogP contribution < -0.4 is 10.1 Å². The van der Waals surface area contributed by atoms with Crippen molar-refractivity contribution < 1.29 is 14.3 Å². The summed E-state index contributed by atoms with van der Waals surface area (Å²) in [5.74, 6) is 2.31. The minimum Gasteiger partial charge on any atom is -0.497 e. The molecule has 1 aliphatic rings. The second-order valence-corrected chi connectivity index (χ2v) is 7.74. The van der Waals surface area contributed by atoms with Crippen molar-refractivity contribution in [3.63, 3.8) is 0 Å². The topological polar surface area (TPSA) is 76.6 Å². The lowest BCUT2D eigenvalue weighted by Crippen LogP contribution is -2.34. The van der Waals surface area contributed by atoms with Crippen LogP contribution in [-0.4, -0.2) is 61.2 Å². The van der Waals surface area contributed by atoms with E-state index in [1.165, 1.54) is 0 Å². The molecule has 1 N–H and O–H groups in total. The molecule has 162 valence electrons. The molecule has 30 heavy (non-hydrogen) atoms. The van der Waals surface area contributed by atoms with Crippen molar-refractivity contribution in [3.05, 3.63) is 42.2 Å². The monoisotopic (exact) mass is 412 g/mol. The van der Waals surface area contributed by atoms with Gasteiger partial charge in [-0.15, -0.1) is 0 Å². The van der Waals surface area contributed by atoms with Crippen LogP contribution in [0.15, 0.2) is 36.7 Å². The number of piperidine rings is 1. The fourth-order valence-electron chi connectivity index (χ4n) is 3.73. The quantitative estimate of drug-likeness (QED) is 0.605. The number of amides is 1. The molecule has 0 spiro atoms. The number of aromatic nitrogens is 2. The highest BCUT2D eigenvalue weighted by molar-refractivity contribution is 5.75. The highest BCUT2D eigenvalue weighted by Gasteiger charge is 2.20. The summed E-state index contributed by atoms with van der Waals surface area (Å²) in [5, 5.41) is 2.89. The van der Waals surface area contributed by atoms with Gasteiger partial charge in [0.05, 0.1) is 13.7 Å². The maximum absolute atomic E-state index is 11.8. The van der Waals surface area contributed by atoms with Gasteiger partial charge in [0.25, 0.3) is 0 Å². The van der Waals surface area contributed by atoms with Gasteiger partial charge < -0.3 is 14.8 Å². The highest BCUT2D eigenvalue weighted by atomic mass is 16.5. The molecule has 0 bridgehead atoms. The Bertz CT molecular complexity index is 772. The number of rotatable bonds is 10. The maximum atomic E-state index is 11.8. The van der Waals surface area contributed by atoms with Crippen LogP contribution in [0.25, 0.3) is 11.4 Å². The summed E-state index contributed by atoms with van der Waals surface area (Å²) in [6.45, 7) is 4.13. The Balaban J connectivity index is 1.40. The maximum Gasteiger partial charge on any atom is 0.220 e. The van der Waals surface area contributed by atoms with E-state index in [-0.39, 0.29) is 5.91 Å². The number of nitrogens with one attached hydrogen (secondary N) is 1.